The van der Waals surface area contributed by atoms with Gasteiger partial charge in [-0.2, -0.15) is 0 Å². The molecule has 0 bridgehead atoms. The minimum absolute atomic E-state index is 0.00790. The Morgan fingerprint density at radius 1 is 1.10 bits per heavy atom. The van der Waals surface area contributed by atoms with Gasteiger partial charge in [0.25, 0.3) is 0 Å². The summed E-state index contributed by atoms with van der Waals surface area (Å²) in [6.07, 6.45) is 5.10. The topological polar surface area (TPSA) is 74.8 Å². The average molecular weight is 438 g/mol. The highest BCUT2D eigenvalue weighted by atomic mass is 32.2. The highest BCUT2D eigenvalue weighted by molar-refractivity contribution is 8.00. The molecule has 9 heteroatoms. The lowest BCUT2D eigenvalue weighted by Gasteiger charge is -2.31. The number of benzene rings is 2. The Morgan fingerprint density at radius 2 is 1.97 bits per heavy atom. The van der Waals surface area contributed by atoms with Crippen LogP contribution < -0.4 is 4.90 Å². The Morgan fingerprint density at radius 3 is 2.86 bits per heavy atom. The molecule has 0 saturated heterocycles. The number of hydrogen-bond donors (Lipinski definition) is 1. The van der Waals surface area contributed by atoms with Gasteiger partial charge in [0.1, 0.15) is 16.9 Å². The molecule has 0 saturated carbocycles. The number of carbonyl (C=O) groups excluding carboxylic acids is 1. The maximum Gasteiger partial charge on any atom is 0.242 e. The van der Waals surface area contributed by atoms with Gasteiger partial charge in [-0.05, 0) is 36.6 Å². The minimum Gasteiger partial charge on any atom is -0.341 e. The molecule has 2 aromatic heterocycles. The highest BCUT2D eigenvalue weighted by Gasteiger charge is 2.28. The molecule has 0 fully saturated rings. The van der Waals surface area contributed by atoms with Crippen molar-refractivity contribution >= 4 is 63.7 Å². The Bertz CT molecular complexity index is 1230. The summed E-state index contributed by atoms with van der Waals surface area (Å²) in [5.41, 5.74) is 3.21. The minimum atomic E-state index is 0.00790. The number of fused-ring (bicyclic) bond motifs is 3. The summed E-state index contributed by atoms with van der Waals surface area (Å²) in [6.45, 7) is 0. The van der Waals surface area contributed by atoms with Gasteiger partial charge >= 0.3 is 0 Å². The van der Waals surface area contributed by atoms with Crippen molar-refractivity contribution in [2.75, 3.05) is 16.9 Å². The molecule has 1 aliphatic heterocycles. The van der Waals surface area contributed by atoms with E-state index in [1.54, 1.807) is 29.9 Å². The maximum absolute atomic E-state index is 13.4. The van der Waals surface area contributed by atoms with Gasteiger partial charge in [-0.1, -0.05) is 35.7 Å². The fourth-order valence-electron chi connectivity index (χ4n) is 3.18. The van der Waals surface area contributed by atoms with E-state index in [1.807, 2.05) is 29.4 Å². The number of anilines is 2. The monoisotopic (exact) mass is 437 g/mol. The molecule has 1 amide bonds. The van der Waals surface area contributed by atoms with E-state index in [2.05, 4.69) is 44.2 Å². The van der Waals surface area contributed by atoms with Crippen molar-refractivity contribution in [3.05, 3.63) is 55.1 Å². The van der Waals surface area contributed by atoms with Crippen LogP contribution in [0.3, 0.4) is 0 Å². The number of nitrogens with zero attached hydrogens (tertiary/aromatic N) is 4. The first-order chi connectivity index (χ1) is 14.2. The first-order valence-electron chi connectivity index (χ1n) is 8.79. The van der Waals surface area contributed by atoms with Gasteiger partial charge in [-0.25, -0.2) is 15.0 Å². The van der Waals surface area contributed by atoms with Gasteiger partial charge in [-0.15, -0.1) is 11.8 Å². The molecule has 0 aliphatic carbocycles. The van der Waals surface area contributed by atoms with E-state index in [9.17, 15) is 4.79 Å². The summed E-state index contributed by atoms with van der Waals surface area (Å²) >= 11 is 4.76. The molecule has 0 spiro atoms. The van der Waals surface area contributed by atoms with Crippen LogP contribution in [0.4, 0.5) is 11.4 Å². The van der Waals surface area contributed by atoms with Crippen LogP contribution in [0.15, 0.2) is 74.8 Å². The van der Waals surface area contributed by atoms with Crippen LogP contribution in [0.2, 0.25) is 0 Å². The smallest absolute Gasteiger partial charge is 0.242 e. The van der Waals surface area contributed by atoms with E-state index in [-0.39, 0.29) is 11.7 Å². The molecule has 2 aromatic carbocycles. The number of H-pyrrole nitrogens is 1. The zero-order valence-corrected chi connectivity index (χ0v) is 17.8. The van der Waals surface area contributed by atoms with E-state index in [0.29, 0.717) is 5.65 Å². The summed E-state index contributed by atoms with van der Waals surface area (Å²) < 4.78 is 0. The van der Waals surface area contributed by atoms with Crippen molar-refractivity contribution in [3.8, 4) is 0 Å². The molecule has 1 N–H and O–H groups in total. The fourth-order valence-corrected chi connectivity index (χ4v) is 5.45. The van der Waals surface area contributed by atoms with Crippen LogP contribution in [-0.2, 0) is 4.79 Å². The number of rotatable bonds is 4. The third-order valence-electron chi connectivity index (χ3n) is 4.50. The van der Waals surface area contributed by atoms with Gasteiger partial charge in [0.2, 0.25) is 5.91 Å². The zero-order chi connectivity index (χ0) is 19.8. The van der Waals surface area contributed by atoms with Crippen LogP contribution in [-0.4, -0.2) is 37.9 Å². The normalized spacial score (nSPS) is 12.7. The molecule has 4 aromatic rings. The Balaban J connectivity index is 1.49. The quantitative estimate of drug-likeness (QED) is 0.356. The largest absolute Gasteiger partial charge is 0.341 e. The second-order valence-corrected chi connectivity index (χ2v) is 9.13. The van der Waals surface area contributed by atoms with Gasteiger partial charge in [0, 0.05) is 14.7 Å². The van der Waals surface area contributed by atoms with E-state index in [4.69, 9.17) is 0 Å². The van der Waals surface area contributed by atoms with E-state index in [1.165, 1.54) is 18.1 Å². The molecule has 0 unspecified atom stereocenters. The third-order valence-corrected chi connectivity index (χ3v) is 7.33. The van der Waals surface area contributed by atoms with Crippen molar-refractivity contribution < 1.29 is 4.79 Å². The van der Waals surface area contributed by atoms with Gasteiger partial charge in [-0.3, -0.25) is 9.69 Å². The fraction of sp³-hybridized carbons (Fsp3) is 0.100. The van der Waals surface area contributed by atoms with E-state index < -0.39 is 0 Å². The van der Waals surface area contributed by atoms with Gasteiger partial charge in [0.05, 0.1) is 23.5 Å². The zero-order valence-electron chi connectivity index (χ0n) is 15.3. The average Bonchev–Trinajstić information content (AvgIpc) is 3.25. The van der Waals surface area contributed by atoms with Crippen LogP contribution in [0.25, 0.3) is 11.2 Å². The molecular formula is C20H15N5OS3. The predicted molar refractivity (Wildman–Crippen MR) is 118 cm³/mol. The van der Waals surface area contributed by atoms with E-state index >= 15 is 0 Å². The first kappa shape index (κ1) is 18.5. The lowest BCUT2D eigenvalue weighted by atomic mass is 10.2. The summed E-state index contributed by atoms with van der Waals surface area (Å²) in [6, 6.07) is 14.3. The lowest BCUT2D eigenvalue weighted by molar-refractivity contribution is -0.115. The van der Waals surface area contributed by atoms with E-state index in [0.717, 1.165) is 36.6 Å². The predicted octanol–water partition coefficient (Wildman–Crippen LogP) is 5.00. The molecule has 1 aliphatic rings. The highest BCUT2D eigenvalue weighted by Crippen LogP contribution is 2.49. The number of carbonyl (C=O) groups is 1. The molecule has 3 heterocycles. The SMILES string of the molecule is CSc1ccc2c(c1)N(C(=O)CSc1ncnc3nc[nH]c13)c1ccccc1S2. The maximum atomic E-state index is 13.4. The molecular weight excluding hydrogens is 422 g/mol. The number of imidazole rings is 1. The van der Waals surface area contributed by atoms with Gasteiger partial charge in [0.15, 0.2) is 5.65 Å². The number of thioether (sulfide) groups is 2. The molecule has 144 valence electrons. The molecule has 6 nitrogen and oxygen atoms in total. The Kier molecular flexibility index (Phi) is 4.94. The second-order valence-electron chi connectivity index (χ2n) is 6.20. The van der Waals surface area contributed by atoms with Crippen molar-refractivity contribution in [2.24, 2.45) is 0 Å². The summed E-state index contributed by atoms with van der Waals surface area (Å²) in [5, 5.41) is 0.721. The lowest BCUT2D eigenvalue weighted by Crippen LogP contribution is -2.30. The number of nitrogens with one attached hydrogen (secondary N) is 1. The number of aromatic amines is 1. The first-order valence-corrected chi connectivity index (χ1v) is 11.8. The van der Waals surface area contributed by atoms with Crippen molar-refractivity contribution in [1.82, 2.24) is 19.9 Å². The molecule has 29 heavy (non-hydrogen) atoms. The molecule has 0 radical (unpaired) electrons. The Hall–Kier alpha value is -2.49. The molecule has 0 atom stereocenters. The summed E-state index contributed by atoms with van der Waals surface area (Å²) in [5.74, 6) is 0.265. The van der Waals surface area contributed by atoms with Crippen LogP contribution in [0.1, 0.15) is 0 Å². The molecule has 5 rings (SSSR count). The van der Waals surface area contributed by atoms with Crippen molar-refractivity contribution in [1.29, 1.82) is 0 Å². The second kappa shape index (κ2) is 7.74. The number of amides is 1. The Labute approximate surface area is 179 Å². The van der Waals surface area contributed by atoms with Crippen LogP contribution in [0.5, 0.6) is 0 Å². The standard InChI is InChI=1S/C20H15N5OS3/c1-27-12-6-7-16-14(8-12)25(13-4-2-3-5-15(13)29-16)17(26)9-28-20-18-19(22-10-21-18)23-11-24-20/h2-8,10-11H,9H2,1H3,(H,21,22,23,24). The number of aromatic nitrogens is 4. The third kappa shape index (κ3) is 3.39. The summed E-state index contributed by atoms with van der Waals surface area (Å²) in [4.78, 5) is 34.2. The summed E-state index contributed by atoms with van der Waals surface area (Å²) in [7, 11) is 0. The number of hydrogen-bond acceptors (Lipinski definition) is 7. The van der Waals surface area contributed by atoms with Crippen LogP contribution >= 0.6 is 35.3 Å². The van der Waals surface area contributed by atoms with Crippen molar-refractivity contribution in [2.45, 2.75) is 19.7 Å². The van der Waals surface area contributed by atoms with Crippen molar-refractivity contribution in [3.63, 3.8) is 0 Å². The number of para-hydroxylation sites is 1. The van der Waals surface area contributed by atoms with Gasteiger partial charge < -0.3 is 4.98 Å². The van der Waals surface area contributed by atoms with Crippen LogP contribution in [0, 0.1) is 0 Å².